The van der Waals surface area contributed by atoms with Gasteiger partial charge in [0.25, 0.3) is 0 Å². The number of carbonyl (C=O) groups excluding carboxylic acids is 1. The lowest BCUT2D eigenvalue weighted by Gasteiger charge is -2.32. The number of para-hydroxylation sites is 1. The van der Waals surface area contributed by atoms with Gasteiger partial charge in [0.1, 0.15) is 11.3 Å². The molecule has 3 rings (SSSR count). The van der Waals surface area contributed by atoms with Crippen molar-refractivity contribution >= 4 is 22.6 Å². The van der Waals surface area contributed by atoms with E-state index in [1.165, 1.54) is 6.92 Å². The molecular formula is C26H31N3O4. The quantitative estimate of drug-likeness (QED) is 0.291. The van der Waals surface area contributed by atoms with E-state index in [2.05, 4.69) is 29.3 Å². The Labute approximate surface area is 193 Å². The number of fused-ring (bicyclic) bond motifs is 1. The van der Waals surface area contributed by atoms with E-state index >= 15 is 0 Å². The van der Waals surface area contributed by atoms with E-state index in [-0.39, 0.29) is 23.1 Å². The van der Waals surface area contributed by atoms with Crippen LogP contribution in [0.25, 0.3) is 11.0 Å². The minimum atomic E-state index is -0.586. The molecule has 7 nitrogen and oxygen atoms in total. The maximum Gasteiger partial charge on any atom is 0.343 e. The second-order valence-corrected chi connectivity index (χ2v) is 8.05. The Kier molecular flexibility index (Phi) is 8.01. The molecule has 33 heavy (non-hydrogen) atoms. The van der Waals surface area contributed by atoms with Crippen molar-refractivity contribution in [3.8, 4) is 5.75 Å². The molecule has 3 aromatic rings. The number of benzene rings is 2. The van der Waals surface area contributed by atoms with Gasteiger partial charge in [-0.15, -0.1) is 0 Å². The van der Waals surface area contributed by atoms with Gasteiger partial charge in [-0.3, -0.25) is 4.79 Å². The molecule has 0 saturated heterocycles. The van der Waals surface area contributed by atoms with Crippen LogP contribution in [0, 0.1) is 5.92 Å². The molecule has 0 aliphatic carbocycles. The SMILES string of the molecule is CCN(CC)C[C@H](/C(C)=N\NC(C)=O)[C@@H](c1ccccc1)c1c(O)c2ccccc2oc1=O. The van der Waals surface area contributed by atoms with Gasteiger partial charge in [-0.2, -0.15) is 5.10 Å². The molecule has 0 aliphatic heterocycles. The Hall–Kier alpha value is -3.45. The minimum Gasteiger partial charge on any atom is -0.507 e. The molecule has 7 heteroatoms. The second kappa shape index (κ2) is 10.9. The average Bonchev–Trinajstić information content (AvgIpc) is 2.82. The Morgan fingerprint density at radius 1 is 1.06 bits per heavy atom. The topological polar surface area (TPSA) is 95.1 Å². The van der Waals surface area contributed by atoms with Crippen LogP contribution < -0.4 is 11.1 Å². The highest BCUT2D eigenvalue weighted by Gasteiger charge is 2.34. The van der Waals surface area contributed by atoms with Crippen molar-refractivity contribution < 1.29 is 14.3 Å². The molecule has 0 spiro atoms. The molecule has 174 valence electrons. The fourth-order valence-electron chi connectivity index (χ4n) is 4.17. The highest BCUT2D eigenvalue weighted by molar-refractivity contribution is 5.89. The summed E-state index contributed by atoms with van der Waals surface area (Å²) in [6.07, 6.45) is 0. The summed E-state index contributed by atoms with van der Waals surface area (Å²) >= 11 is 0. The van der Waals surface area contributed by atoms with E-state index in [0.29, 0.717) is 23.2 Å². The Balaban J connectivity index is 2.28. The van der Waals surface area contributed by atoms with Crippen molar-refractivity contribution in [1.29, 1.82) is 0 Å². The number of rotatable bonds is 9. The van der Waals surface area contributed by atoms with Gasteiger partial charge >= 0.3 is 5.63 Å². The molecular weight excluding hydrogens is 418 g/mol. The monoisotopic (exact) mass is 449 g/mol. The first-order valence-corrected chi connectivity index (χ1v) is 11.2. The third-order valence-corrected chi connectivity index (χ3v) is 5.97. The standard InChI is InChI=1S/C26H31N3O4/c1-5-29(6-2)16-21(17(3)27-28-18(4)30)23(19-12-8-7-9-13-19)24-25(31)20-14-10-11-15-22(20)33-26(24)32/h7-15,21,23,31H,5-6,16H2,1-4H3,(H,28,30)/b27-17-/t21-,23-/m1/s1. The zero-order valence-electron chi connectivity index (χ0n) is 19.5. The third-order valence-electron chi connectivity index (χ3n) is 5.97. The van der Waals surface area contributed by atoms with Crippen LogP contribution in [0.15, 0.2) is 68.9 Å². The predicted molar refractivity (Wildman–Crippen MR) is 131 cm³/mol. The van der Waals surface area contributed by atoms with Crippen molar-refractivity contribution in [1.82, 2.24) is 10.3 Å². The highest BCUT2D eigenvalue weighted by Crippen LogP contribution is 2.39. The van der Waals surface area contributed by atoms with Crippen LogP contribution in [0.3, 0.4) is 0 Å². The molecule has 1 aromatic heterocycles. The van der Waals surface area contributed by atoms with Crippen LogP contribution in [0.5, 0.6) is 5.75 Å². The highest BCUT2D eigenvalue weighted by atomic mass is 16.4. The van der Waals surface area contributed by atoms with Crippen LogP contribution in [0.1, 0.15) is 44.7 Å². The lowest BCUT2D eigenvalue weighted by molar-refractivity contribution is -0.118. The normalized spacial score (nSPS) is 13.8. The van der Waals surface area contributed by atoms with Crippen molar-refractivity contribution in [2.24, 2.45) is 11.0 Å². The van der Waals surface area contributed by atoms with Gasteiger partial charge in [0.05, 0.1) is 10.9 Å². The molecule has 2 atom stereocenters. The zero-order chi connectivity index (χ0) is 24.0. The molecule has 1 amide bonds. The van der Waals surface area contributed by atoms with Gasteiger partial charge in [0, 0.05) is 31.0 Å². The molecule has 0 unspecified atom stereocenters. The number of carbonyl (C=O) groups is 1. The van der Waals surface area contributed by atoms with Crippen LogP contribution in [0.4, 0.5) is 0 Å². The van der Waals surface area contributed by atoms with Gasteiger partial charge in [-0.1, -0.05) is 56.3 Å². The third kappa shape index (κ3) is 5.49. The first-order valence-electron chi connectivity index (χ1n) is 11.2. The van der Waals surface area contributed by atoms with Crippen LogP contribution >= 0.6 is 0 Å². The maximum absolute atomic E-state index is 13.2. The molecule has 1 heterocycles. The number of nitrogens with one attached hydrogen (secondary N) is 1. The molecule has 0 bridgehead atoms. The smallest absolute Gasteiger partial charge is 0.343 e. The summed E-state index contributed by atoms with van der Waals surface area (Å²) in [5, 5.41) is 16.1. The van der Waals surface area contributed by atoms with Gasteiger partial charge in [0.2, 0.25) is 5.91 Å². The summed E-state index contributed by atoms with van der Waals surface area (Å²) in [7, 11) is 0. The largest absolute Gasteiger partial charge is 0.507 e. The second-order valence-electron chi connectivity index (χ2n) is 8.05. The van der Waals surface area contributed by atoms with Crippen molar-refractivity contribution in [2.75, 3.05) is 19.6 Å². The van der Waals surface area contributed by atoms with E-state index in [4.69, 9.17) is 4.42 Å². The molecule has 0 fully saturated rings. The summed E-state index contributed by atoms with van der Waals surface area (Å²) in [6, 6.07) is 16.5. The number of amides is 1. The number of hydrazone groups is 1. The lowest BCUT2D eigenvalue weighted by atomic mass is 9.78. The Morgan fingerprint density at radius 2 is 1.70 bits per heavy atom. The number of aromatic hydroxyl groups is 1. The van der Waals surface area contributed by atoms with E-state index < -0.39 is 11.5 Å². The Morgan fingerprint density at radius 3 is 2.33 bits per heavy atom. The van der Waals surface area contributed by atoms with E-state index in [1.54, 1.807) is 24.3 Å². The lowest BCUT2D eigenvalue weighted by Crippen LogP contribution is -2.38. The fraction of sp³-hybridized carbons (Fsp3) is 0.346. The molecule has 0 radical (unpaired) electrons. The minimum absolute atomic E-state index is 0.0902. The summed E-state index contributed by atoms with van der Waals surface area (Å²) in [5.74, 6) is -1.22. The number of hydrogen-bond donors (Lipinski definition) is 2. The van der Waals surface area contributed by atoms with Gasteiger partial charge in [-0.25, -0.2) is 10.2 Å². The Bertz CT molecular complexity index is 1180. The number of hydrogen-bond acceptors (Lipinski definition) is 6. The summed E-state index contributed by atoms with van der Waals surface area (Å²) < 4.78 is 5.62. The fourth-order valence-corrected chi connectivity index (χ4v) is 4.17. The molecule has 0 aliphatic rings. The van der Waals surface area contributed by atoms with Crippen LogP contribution in [0.2, 0.25) is 0 Å². The van der Waals surface area contributed by atoms with Crippen molar-refractivity contribution in [2.45, 2.75) is 33.6 Å². The van der Waals surface area contributed by atoms with Crippen LogP contribution in [-0.4, -0.2) is 41.3 Å². The molecule has 0 saturated carbocycles. The maximum atomic E-state index is 13.2. The molecule has 2 N–H and O–H groups in total. The summed E-state index contributed by atoms with van der Waals surface area (Å²) in [4.78, 5) is 27.0. The van der Waals surface area contributed by atoms with Gasteiger partial charge in [0.15, 0.2) is 0 Å². The van der Waals surface area contributed by atoms with E-state index in [9.17, 15) is 14.7 Å². The summed E-state index contributed by atoms with van der Waals surface area (Å²) in [6.45, 7) is 9.56. The van der Waals surface area contributed by atoms with Gasteiger partial charge in [-0.05, 0) is 37.7 Å². The first kappa shape index (κ1) is 24.2. The zero-order valence-corrected chi connectivity index (χ0v) is 19.5. The molecule has 2 aromatic carbocycles. The van der Waals surface area contributed by atoms with E-state index in [0.717, 1.165) is 18.7 Å². The predicted octanol–water partition coefficient (Wildman–Crippen LogP) is 4.10. The number of nitrogens with zero attached hydrogens (tertiary/aromatic N) is 2. The average molecular weight is 450 g/mol. The first-order chi connectivity index (χ1) is 15.9. The summed E-state index contributed by atoms with van der Waals surface area (Å²) in [5.41, 5.74) is 3.96. The van der Waals surface area contributed by atoms with E-state index in [1.807, 2.05) is 37.3 Å². The van der Waals surface area contributed by atoms with Crippen LogP contribution in [-0.2, 0) is 4.79 Å². The van der Waals surface area contributed by atoms with Crippen molar-refractivity contribution in [3.05, 3.63) is 76.1 Å². The van der Waals surface area contributed by atoms with Crippen molar-refractivity contribution in [3.63, 3.8) is 0 Å². The van der Waals surface area contributed by atoms with Gasteiger partial charge < -0.3 is 14.4 Å².